The number of aromatic nitrogens is 1. The van der Waals surface area contributed by atoms with Crippen LogP contribution in [0.1, 0.15) is 17.8 Å². The van der Waals surface area contributed by atoms with Gasteiger partial charge in [-0.3, -0.25) is 9.69 Å². The Hall–Kier alpha value is -0.980. The van der Waals surface area contributed by atoms with E-state index >= 15 is 0 Å². The Kier molecular flexibility index (Phi) is 3.81. The number of nitrogens with zero attached hydrogens (tertiary/aromatic N) is 3. The van der Waals surface area contributed by atoms with Crippen molar-refractivity contribution in [3.63, 3.8) is 0 Å². The minimum Gasteiger partial charge on any atom is -0.366 e. The van der Waals surface area contributed by atoms with Gasteiger partial charge in [-0.05, 0) is 12.8 Å². The van der Waals surface area contributed by atoms with E-state index in [9.17, 15) is 4.79 Å². The molecule has 2 aliphatic rings. The number of likely N-dealkylation sites (tertiary alicyclic amines) is 1. The van der Waals surface area contributed by atoms with Gasteiger partial charge in [0, 0.05) is 31.7 Å². The van der Waals surface area contributed by atoms with Crippen LogP contribution in [0.5, 0.6) is 0 Å². The van der Waals surface area contributed by atoms with Crippen molar-refractivity contribution in [2.24, 2.45) is 0 Å². The van der Waals surface area contributed by atoms with Gasteiger partial charge in [-0.1, -0.05) is 0 Å². The Morgan fingerprint density at radius 2 is 2.32 bits per heavy atom. The molecule has 2 fully saturated rings. The maximum Gasteiger partial charge on any atom is 0.248 e. The predicted octanol–water partition coefficient (Wildman–Crippen LogP) is 0.965. The minimum absolute atomic E-state index is 0.106. The second-order valence-corrected chi connectivity index (χ2v) is 6.18. The maximum absolute atomic E-state index is 11.7. The molecule has 5 nitrogen and oxygen atoms in total. The molecule has 1 aromatic heterocycles. The summed E-state index contributed by atoms with van der Waals surface area (Å²) >= 11 is 1.70. The van der Waals surface area contributed by atoms with E-state index in [1.807, 2.05) is 23.5 Å². The number of fused-ring (bicyclic) bond motifs is 1. The topological polar surface area (TPSA) is 45.7 Å². The Balaban J connectivity index is 1.63. The SMILES string of the molecule is CN1C(=O)CO[C@H]2CCN(Cc3nccs3)CC[C@@H]21. The van der Waals surface area contributed by atoms with Gasteiger partial charge < -0.3 is 9.64 Å². The average molecular weight is 281 g/mol. The summed E-state index contributed by atoms with van der Waals surface area (Å²) in [6.45, 7) is 3.17. The molecule has 0 bridgehead atoms. The molecule has 1 amide bonds. The molecular formula is C13H19N3O2S. The number of carbonyl (C=O) groups is 1. The zero-order chi connectivity index (χ0) is 13.2. The molecule has 0 saturated carbocycles. The van der Waals surface area contributed by atoms with Gasteiger partial charge in [0.2, 0.25) is 5.91 Å². The second kappa shape index (κ2) is 5.56. The monoisotopic (exact) mass is 281 g/mol. The zero-order valence-corrected chi connectivity index (χ0v) is 11.9. The molecule has 0 aromatic carbocycles. The highest BCUT2D eigenvalue weighted by molar-refractivity contribution is 7.09. The van der Waals surface area contributed by atoms with Crippen molar-refractivity contribution in [3.8, 4) is 0 Å². The predicted molar refractivity (Wildman–Crippen MR) is 72.9 cm³/mol. The summed E-state index contributed by atoms with van der Waals surface area (Å²) < 4.78 is 5.70. The molecule has 1 aromatic rings. The molecule has 0 spiro atoms. The summed E-state index contributed by atoms with van der Waals surface area (Å²) in [5, 5.41) is 3.18. The first-order valence-electron chi connectivity index (χ1n) is 6.72. The molecule has 2 saturated heterocycles. The van der Waals surface area contributed by atoms with Crippen LogP contribution in [-0.2, 0) is 16.1 Å². The number of morpholine rings is 1. The maximum atomic E-state index is 11.7. The second-order valence-electron chi connectivity index (χ2n) is 5.20. The largest absolute Gasteiger partial charge is 0.366 e. The van der Waals surface area contributed by atoms with Gasteiger partial charge in [0.1, 0.15) is 11.6 Å². The standard InChI is InChI=1S/C13H19N3O2S/c1-15-10-2-5-16(8-12-14-4-7-19-12)6-3-11(10)18-9-13(15)17/h4,7,10-11H,2-3,5-6,8-9H2,1H3/t10-,11-/m0/s1. The van der Waals surface area contributed by atoms with Gasteiger partial charge in [-0.2, -0.15) is 0 Å². The quantitative estimate of drug-likeness (QED) is 0.810. The number of rotatable bonds is 2. The van der Waals surface area contributed by atoms with Crippen LogP contribution in [0.3, 0.4) is 0 Å². The summed E-state index contributed by atoms with van der Waals surface area (Å²) in [7, 11) is 1.90. The summed E-state index contributed by atoms with van der Waals surface area (Å²) in [5.41, 5.74) is 0. The molecule has 0 unspecified atom stereocenters. The highest BCUT2D eigenvalue weighted by Crippen LogP contribution is 2.24. The molecular weight excluding hydrogens is 262 g/mol. The Labute approximate surface area is 117 Å². The zero-order valence-electron chi connectivity index (χ0n) is 11.1. The average Bonchev–Trinajstić information content (AvgIpc) is 2.82. The summed E-state index contributed by atoms with van der Waals surface area (Å²) in [6, 6.07) is 0.238. The highest BCUT2D eigenvalue weighted by Gasteiger charge is 2.36. The van der Waals surface area contributed by atoms with E-state index in [1.165, 1.54) is 0 Å². The van der Waals surface area contributed by atoms with Crippen LogP contribution in [0.4, 0.5) is 0 Å². The van der Waals surface area contributed by atoms with E-state index in [0.29, 0.717) is 0 Å². The van der Waals surface area contributed by atoms with Crippen molar-refractivity contribution in [2.75, 3.05) is 26.7 Å². The lowest BCUT2D eigenvalue weighted by molar-refractivity contribution is -0.154. The number of likely N-dealkylation sites (N-methyl/N-ethyl adjacent to an activating group) is 1. The number of thiazole rings is 1. The Morgan fingerprint density at radius 1 is 1.47 bits per heavy atom. The number of amides is 1. The minimum atomic E-state index is 0.106. The lowest BCUT2D eigenvalue weighted by atomic mass is 10.0. The van der Waals surface area contributed by atoms with E-state index in [2.05, 4.69) is 9.88 Å². The highest BCUT2D eigenvalue weighted by atomic mass is 32.1. The third-order valence-corrected chi connectivity index (χ3v) is 4.82. The van der Waals surface area contributed by atoms with E-state index < -0.39 is 0 Å². The molecule has 2 aliphatic heterocycles. The molecule has 6 heteroatoms. The van der Waals surface area contributed by atoms with Crippen molar-refractivity contribution >= 4 is 17.2 Å². The fraction of sp³-hybridized carbons (Fsp3) is 0.692. The first-order valence-corrected chi connectivity index (χ1v) is 7.60. The summed E-state index contributed by atoms with van der Waals surface area (Å²) in [4.78, 5) is 20.3. The summed E-state index contributed by atoms with van der Waals surface area (Å²) in [6.07, 6.45) is 4.03. The van der Waals surface area contributed by atoms with Crippen LogP contribution in [0.2, 0.25) is 0 Å². The van der Waals surface area contributed by atoms with Gasteiger partial charge in [0.15, 0.2) is 0 Å². The van der Waals surface area contributed by atoms with Gasteiger partial charge in [-0.25, -0.2) is 4.98 Å². The van der Waals surface area contributed by atoms with E-state index in [1.54, 1.807) is 11.3 Å². The van der Waals surface area contributed by atoms with Crippen molar-refractivity contribution < 1.29 is 9.53 Å². The molecule has 2 atom stereocenters. The normalized spacial score (nSPS) is 29.1. The third-order valence-electron chi connectivity index (χ3n) is 4.05. The Bertz CT molecular complexity index is 437. The number of carbonyl (C=O) groups excluding carboxylic acids is 1. The van der Waals surface area contributed by atoms with Crippen LogP contribution in [0.25, 0.3) is 0 Å². The van der Waals surface area contributed by atoms with Crippen molar-refractivity contribution in [1.82, 2.24) is 14.8 Å². The van der Waals surface area contributed by atoms with Gasteiger partial charge in [0.25, 0.3) is 0 Å². The van der Waals surface area contributed by atoms with Crippen LogP contribution in [-0.4, -0.2) is 59.6 Å². The molecule has 0 aliphatic carbocycles. The van der Waals surface area contributed by atoms with Crippen molar-refractivity contribution in [2.45, 2.75) is 31.5 Å². The fourth-order valence-corrected chi connectivity index (χ4v) is 3.56. The molecule has 0 radical (unpaired) electrons. The first kappa shape index (κ1) is 13.0. The van der Waals surface area contributed by atoms with Gasteiger partial charge >= 0.3 is 0 Å². The van der Waals surface area contributed by atoms with Crippen molar-refractivity contribution in [1.29, 1.82) is 0 Å². The summed E-state index contributed by atoms with van der Waals surface area (Å²) in [5.74, 6) is 0.106. The molecule has 3 heterocycles. The van der Waals surface area contributed by atoms with E-state index in [0.717, 1.165) is 37.5 Å². The molecule has 104 valence electrons. The van der Waals surface area contributed by atoms with Crippen LogP contribution < -0.4 is 0 Å². The van der Waals surface area contributed by atoms with Crippen molar-refractivity contribution in [3.05, 3.63) is 16.6 Å². The van der Waals surface area contributed by atoms with Crippen LogP contribution >= 0.6 is 11.3 Å². The van der Waals surface area contributed by atoms with Crippen LogP contribution in [0, 0.1) is 0 Å². The number of ether oxygens (including phenoxy) is 1. The van der Waals surface area contributed by atoms with Gasteiger partial charge in [-0.15, -0.1) is 11.3 Å². The first-order chi connectivity index (χ1) is 9.24. The molecule has 3 rings (SSSR count). The lowest BCUT2D eigenvalue weighted by Crippen LogP contribution is -2.52. The fourth-order valence-electron chi connectivity index (χ4n) is 2.90. The number of hydrogen-bond acceptors (Lipinski definition) is 5. The Morgan fingerprint density at radius 3 is 3.11 bits per heavy atom. The molecule has 19 heavy (non-hydrogen) atoms. The third kappa shape index (κ3) is 2.80. The van der Waals surface area contributed by atoms with Gasteiger partial charge in [0.05, 0.1) is 18.7 Å². The van der Waals surface area contributed by atoms with Crippen LogP contribution in [0.15, 0.2) is 11.6 Å². The van der Waals surface area contributed by atoms with E-state index in [-0.39, 0.29) is 24.7 Å². The smallest absolute Gasteiger partial charge is 0.248 e. The number of hydrogen-bond donors (Lipinski definition) is 0. The van der Waals surface area contributed by atoms with E-state index in [4.69, 9.17) is 4.74 Å². The molecule has 0 N–H and O–H groups in total. The lowest BCUT2D eigenvalue weighted by Gasteiger charge is -2.37.